The maximum absolute atomic E-state index is 12.0. The van der Waals surface area contributed by atoms with E-state index in [1.807, 2.05) is 31.2 Å². The van der Waals surface area contributed by atoms with Crippen molar-refractivity contribution in [3.05, 3.63) is 35.4 Å². The fourth-order valence-corrected chi connectivity index (χ4v) is 1.76. The molecule has 6 heteroatoms. The number of methoxy groups -OCH3 is 2. The quantitative estimate of drug-likeness (QED) is 0.564. The van der Waals surface area contributed by atoms with E-state index >= 15 is 0 Å². The minimum absolute atomic E-state index is 0.0813. The molecule has 0 saturated carbocycles. The summed E-state index contributed by atoms with van der Waals surface area (Å²) >= 11 is 0. The molecule has 0 aliphatic carbocycles. The predicted octanol–water partition coefficient (Wildman–Crippen LogP) is 1.78. The van der Waals surface area contributed by atoms with Crippen molar-refractivity contribution in [1.82, 2.24) is 0 Å². The first-order chi connectivity index (χ1) is 10.5. The van der Waals surface area contributed by atoms with Gasteiger partial charge in [-0.15, -0.1) is 0 Å². The number of benzene rings is 1. The van der Waals surface area contributed by atoms with Crippen LogP contribution in [0.3, 0.4) is 0 Å². The number of rotatable bonds is 7. The van der Waals surface area contributed by atoms with Crippen molar-refractivity contribution in [1.29, 1.82) is 0 Å². The fraction of sp³-hybridized carbons (Fsp3) is 0.438. The van der Waals surface area contributed by atoms with Gasteiger partial charge in [-0.05, 0) is 12.5 Å². The second-order valence-electron chi connectivity index (χ2n) is 4.85. The molecule has 0 atom stereocenters. The van der Waals surface area contributed by atoms with Gasteiger partial charge >= 0.3 is 17.9 Å². The van der Waals surface area contributed by atoms with Gasteiger partial charge in [0, 0.05) is 0 Å². The van der Waals surface area contributed by atoms with E-state index in [9.17, 15) is 14.4 Å². The van der Waals surface area contributed by atoms with Gasteiger partial charge in [0.15, 0.2) is 0 Å². The molecule has 1 aromatic carbocycles. The van der Waals surface area contributed by atoms with Crippen molar-refractivity contribution in [2.45, 2.75) is 26.4 Å². The molecule has 0 radical (unpaired) electrons. The zero-order chi connectivity index (χ0) is 16.5. The summed E-state index contributed by atoms with van der Waals surface area (Å²) in [6.07, 6.45) is -0.448. The molecular formula is C16H20O6. The molecule has 0 aliphatic heterocycles. The molecule has 1 aromatic rings. The van der Waals surface area contributed by atoms with Crippen molar-refractivity contribution in [2.24, 2.45) is 5.92 Å². The molecule has 1 rings (SSSR count). The molecule has 22 heavy (non-hydrogen) atoms. The third-order valence-corrected chi connectivity index (χ3v) is 3.12. The Bertz CT molecular complexity index is 502. The van der Waals surface area contributed by atoms with E-state index < -0.39 is 23.8 Å². The Morgan fingerprint density at radius 3 is 1.91 bits per heavy atom. The highest BCUT2D eigenvalue weighted by molar-refractivity contribution is 5.84. The smallest absolute Gasteiger partial charge is 0.310 e. The Labute approximate surface area is 129 Å². The summed E-state index contributed by atoms with van der Waals surface area (Å²) < 4.78 is 14.2. The van der Waals surface area contributed by atoms with Crippen molar-refractivity contribution in [2.75, 3.05) is 14.2 Å². The number of aryl methyl sites for hydroxylation is 1. The lowest BCUT2D eigenvalue weighted by molar-refractivity contribution is -0.158. The normalized spacial score (nSPS) is 10.2. The summed E-state index contributed by atoms with van der Waals surface area (Å²) in [5.41, 5.74) is 1.93. The van der Waals surface area contributed by atoms with Gasteiger partial charge in [0.25, 0.3) is 0 Å². The molecular weight excluding hydrogens is 288 g/mol. The minimum Gasteiger partial charge on any atom is -0.469 e. The molecule has 0 heterocycles. The van der Waals surface area contributed by atoms with Crippen LogP contribution in [-0.2, 0) is 35.2 Å². The molecule has 0 saturated heterocycles. The molecule has 0 aliphatic rings. The van der Waals surface area contributed by atoms with Crippen LogP contribution >= 0.6 is 0 Å². The van der Waals surface area contributed by atoms with Crippen LogP contribution in [0.5, 0.6) is 0 Å². The van der Waals surface area contributed by atoms with Crippen molar-refractivity contribution in [3.63, 3.8) is 0 Å². The average molecular weight is 308 g/mol. The van der Waals surface area contributed by atoms with Crippen LogP contribution < -0.4 is 0 Å². The third kappa shape index (κ3) is 5.95. The molecule has 6 nitrogen and oxygen atoms in total. The first-order valence-electron chi connectivity index (χ1n) is 6.82. The number of ether oxygens (including phenoxy) is 3. The van der Waals surface area contributed by atoms with Crippen molar-refractivity contribution in [3.8, 4) is 0 Å². The topological polar surface area (TPSA) is 78.9 Å². The fourth-order valence-electron chi connectivity index (χ4n) is 1.76. The van der Waals surface area contributed by atoms with Gasteiger partial charge in [0.1, 0.15) is 6.61 Å². The molecule has 0 spiro atoms. The molecule has 0 bridgehead atoms. The van der Waals surface area contributed by atoms with Crippen LogP contribution in [0.15, 0.2) is 24.3 Å². The summed E-state index contributed by atoms with van der Waals surface area (Å²) in [5, 5.41) is 0. The second kappa shape index (κ2) is 8.81. The van der Waals surface area contributed by atoms with Crippen molar-refractivity contribution >= 4 is 17.9 Å². The third-order valence-electron chi connectivity index (χ3n) is 3.12. The number of carbonyl (C=O) groups is 3. The van der Waals surface area contributed by atoms with Crippen LogP contribution in [0.2, 0.25) is 0 Å². The zero-order valence-electron chi connectivity index (χ0n) is 13.0. The van der Waals surface area contributed by atoms with E-state index in [4.69, 9.17) is 4.74 Å². The molecule has 0 N–H and O–H groups in total. The van der Waals surface area contributed by atoms with E-state index in [-0.39, 0.29) is 19.4 Å². The average Bonchev–Trinajstić information content (AvgIpc) is 2.52. The molecule has 0 aromatic heterocycles. The van der Waals surface area contributed by atoms with E-state index in [1.54, 1.807) is 0 Å². The monoisotopic (exact) mass is 308 g/mol. The van der Waals surface area contributed by atoms with Crippen LogP contribution in [0, 0.1) is 12.8 Å². The second-order valence-corrected chi connectivity index (χ2v) is 4.85. The van der Waals surface area contributed by atoms with E-state index in [0.29, 0.717) is 0 Å². The Kier molecular flexibility index (Phi) is 7.08. The Balaban J connectivity index is 2.63. The minimum atomic E-state index is -0.912. The van der Waals surface area contributed by atoms with Crippen LogP contribution in [0.25, 0.3) is 0 Å². The highest BCUT2D eigenvalue weighted by Gasteiger charge is 2.27. The summed E-state index contributed by atoms with van der Waals surface area (Å²) in [4.78, 5) is 34.7. The first kappa shape index (κ1) is 17.7. The van der Waals surface area contributed by atoms with Gasteiger partial charge < -0.3 is 14.2 Å². The molecule has 120 valence electrons. The maximum Gasteiger partial charge on any atom is 0.310 e. The van der Waals surface area contributed by atoms with Gasteiger partial charge in [0.05, 0.1) is 33.0 Å². The predicted molar refractivity (Wildman–Crippen MR) is 77.7 cm³/mol. The van der Waals surface area contributed by atoms with Gasteiger partial charge in [-0.3, -0.25) is 14.4 Å². The standard InChI is InChI=1S/C16H20O6/c1-11-4-6-12(7-5-11)10-22-16(19)13(8-14(17)20-2)9-15(18)21-3/h4-7,13H,8-10H2,1-3H3. The summed E-state index contributed by atoms with van der Waals surface area (Å²) in [6, 6.07) is 7.50. The van der Waals surface area contributed by atoms with E-state index in [0.717, 1.165) is 11.1 Å². The number of hydrogen-bond acceptors (Lipinski definition) is 6. The Hall–Kier alpha value is -2.37. The van der Waals surface area contributed by atoms with Crippen LogP contribution in [0.4, 0.5) is 0 Å². The van der Waals surface area contributed by atoms with Gasteiger partial charge in [0.2, 0.25) is 0 Å². The molecule has 0 fully saturated rings. The lowest BCUT2D eigenvalue weighted by atomic mass is 10.0. The van der Waals surface area contributed by atoms with Crippen molar-refractivity contribution < 1.29 is 28.6 Å². The molecule has 0 amide bonds. The van der Waals surface area contributed by atoms with E-state index in [2.05, 4.69) is 9.47 Å². The van der Waals surface area contributed by atoms with Crippen LogP contribution in [-0.4, -0.2) is 32.1 Å². The zero-order valence-corrected chi connectivity index (χ0v) is 13.0. The van der Waals surface area contributed by atoms with Crippen LogP contribution in [0.1, 0.15) is 24.0 Å². The highest BCUT2D eigenvalue weighted by Crippen LogP contribution is 2.15. The largest absolute Gasteiger partial charge is 0.469 e. The number of hydrogen-bond donors (Lipinski definition) is 0. The summed E-state index contributed by atoms with van der Waals surface area (Å²) in [5.74, 6) is -2.70. The Morgan fingerprint density at radius 2 is 1.45 bits per heavy atom. The van der Waals surface area contributed by atoms with Gasteiger partial charge in [-0.2, -0.15) is 0 Å². The SMILES string of the molecule is COC(=O)CC(CC(=O)OC)C(=O)OCc1ccc(C)cc1. The van der Waals surface area contributed by atoms with E-state index in [1.165, 1.54) is 14.2 Å². The van der Waals surface area contributed by atoms with Gasteiger partial charge in [-0.25, -0.2) is 0 Å². The highest BCUT2D eigenvalue weighted by atomic mass is 16.5. The lowest BCUT2D eigenvalue weighted by Gasteiger charge is -2.14. The summed E-state index contributed by atoms with van der Waals surface area (Å²) in [7, 11) is 2.43. The number of carbonyl (C=O) groups excluding carboxylic acids is 3. The Morgan fingerprint density at radius 1 is 0.955 bits per heavy atom. The maximum atomic E-state index is 12.0. The summed E-state index contributed by atoms with van der Waals surface area (Å²) in [6.45, 7) is 2.04. The molecule has 0 unspecified atom stereocenters. The number of esters is 3. The van der Waals surface area contributed by atoms with Gasteiger partial charge in [-0.1, -0.05) is 29.8 Å². The lowest BCUT2D eigenvalue weighted by Crippen LogP contribution is -2.24. The first-order valence-corrected chi connectivity index (χ1v) is 6.82.